The van der Waals surface area contributed by atoms with Crippen molar-refractivity contribution < 1.29 is 19.7 Å². The first-order valence-electron chi connectivity index (χ1n) is 12.6. The number of nitrogen functional groups attached to an aromatic ring is 2. The van der Waals surface area contributed by atoms with Crippen LogP contribution in [0, 0.1) is 5.92 Å². The summed E-state index contributed by atoms with van der Waals surface area (Å²) in [6.07, 6.45) is 2.42. The third-order valence-electron chi connectivity index (χ3n) is 7.09. The highest BCUT2D eigenvalue weighted by Crippen LogP contribution is 2.34. The van der Waals surface area contributed by atoms with E-state index in [0.29, 0.717) is 53.7 Å². The molecule has 3 unspecified atom stereocenters. The highest BCUT2D eigenvalue weighted by molar-refractivity contribution is 5.81. The minimum absolute atomic E-state index is 0.0677. The van der Waals surface area contributed by atoms with Crippen LogP contribution in [0.3, 0.4) is 0 Å². The molecule has 6 atom stereocenters. The van der Waals surface area contributed by atoms with Gasteiger partial charge >= 0.3 is 0 Å². The molecule has 202 valence electrons. The molecule has 2 fully saturated rings. The molecule has 4 aromatic heterocycles. The molecule has 0 amide bonds. The number of aliphatic hydroxyl groups excluding tert-OH is 2. The average molecular weight is 526 g/mol. The molecule has 6 rings (SSSR count). The lowest BCUT2D eigenvalue weighted by Gasteiger charge is -2.40. The maximum absolute atomic E-state index is 10.9. The molecule has 0 radical (unpaired) electrons. The SMILES string of the molecule is CC(C)CC1CN(CC2O[C@@H](n3cnc4c(N)ncnc43)[C@H](O)[C@@H]2O)CC(n2cnc3c(N)ncnc32)O1. The molecule has 0 saturated carbocycles. The van der Waals surface area contributed by atoms with E-state index in [-0.39, 0.29) is 18.1 Å². The third-order valence-corrected chi connectivity index (χ3v) is 7.09. The number of aliphatic hydroxyl groups is 2. The third kappa shape index (κ3) is 4.31. The molecule has 6 N–H and O–H groups in total. The van der Waals surface area contributed by atoms with Gasteiger partial charge in [0.15, 0.2) is 29.2 Å². The minimum Gasteiger partial charge on any atom is -0.387 e. The number of aromatic nitrogens is 8. The van der Waals surface area contributed by atoms with Crippen LogP contribution in [0.5, 0.6) is 0 Å². The first-order chi connectivity index (χ1) is 18.3. The minimum atomic E-state index is -1.19. The number of fused-ring (bicyclic) bond motifs is 2. The zero-order chi connectivity index (χ0) is 26.6. The summed E-state index contributed by atoms with van der Waals surface area (Å²) in [7, 11) is 0. The Hall–Kier alpha value is -3.50. The van der Waals surface area contributed by atoms with Crippen molar-refractivity contribution in [1.29, 1.82) is 0 Å². The van der Waals surface area contributed by atoms with Crippen LogP contribution in [0.1, 0.15) is 32.7 Å². The van der Waals surface area contributed by atoms with Crippen molar-refractivity contribution in [1.82, 2.24) is 43.9 Å². The standard InChI is InChI=1S/C23H31N11O4/c1-11(2)3-12-4-32(6-14(37-12)33-9-30-15-19(24)26-7-28-21(15)33)5-13-17(35)18(36)23(38-13)34-10-31-16-20(25)27-8-29-22(16)34/h7-14,17-18,23,35-36H,3-6H2,1-2H3,(H2,24,26,28)(H2,25,27,29)/t12?,13?,14?,17-,18-,23-/m1/s1. The maximum atomic E-state index is 10.9. The summed E-state index contributed by atoms with van der Waals surface area (Å²) in [6, 6.07) is 0. The van der Waals surface area contributed by atoms with Crippen molar-refractivity contribution in [3.63, 3.8) is 0 Å². The predicted octanol–water partition coefficient (Wildman–Crippen LogP) is -0.305. The number of nitrogens with two attached hydrogens (primary N) is 2. The molecule has 0 aromatic carbocycles. The Labute approximate surface area is 217 Å². The van der Waals surface area contributed by atoms with Crippen molar-refractivity contribution >= 4 is 34.0 Å². The topological polar surface area (TPSA) is 201 Å². The van der Waals surface area contributed by atoms with Crippen molar-refractivity contribution in [2.24, 2.45) is 5.92 Å². The van der Waals surface area contributed by atoms with E-state index in [0.717, 1.165) is 6.42 Å². The van der Waals surface area contributed by atoms with Crippen molar-refractivity contribution in [2.75, 3.05) is 31.1 Å². The Morgan fingerprint density at radius 2 is 1.50 bits per heavy atom. The summed E-state index contributed by atoms with van der Waals surface area (Å²) < 4.78 is 16.1. The summed E-state index contributed by atoms with van der Waals surface area (Å²) in [4.78, 5) is 27.4. The first kappa shape index (κ1) is 24.8. The van der Waals surface area contributed by atoms with Gasteiger partial charge in [-0.05, 0) is 12.3 Å². The van der Waals surface area contributed by atoms with Crippen molar-refractivity contribution in [3.8, 4) is 0 Å². The van der Waals surface area contributed by atoms with Crippen LogP contribution in [0.2, 0.25) is 0 Å². The van der Waals surface area contributed by atoms with Crippen LogP contribution in [0.4, 0.5) is 11.6 Å². The van der Waals surface area contributed by atoms with E-state index < -0.39 is 24.5 Å². The lowest BCUT2D eigenvalue weighted by Crippen LogP contribution is -2.50. The van der Waals surface area contributed by atoms with Crippen LogP contribution >= 0.6 is 0 Å². The number of anilines is 2. The van der Waals surface area contributed by atoms with E-state index >= 15 is 0 Å². The van der Waals surface area contributed by atoms with E-state index in [9.17, 15) is 10.2 Å². The Balaban J connectivity index is 1.24. The van der Waals surface area contributed by atoms with Gasteiger partial charge in [0.1, 0.15) is 48.2 Å². The molecule has 0 spiro atoms. The van der Waals surface area contributed by atoms with E-state index in [1.807, 2.05) is 4.57 Å². The Bertz CT molecular complexity index is 1440. The van der Waals surface area contributed by atoms with Crippen molar-refractivity contribution in [2.45, 2.75) is 57.1 Å². The molecule has 6 heterocycles. The molecular formula is C23H31N11O4. The van der Waals surface area contributed by atoms with Crippen LogP contribution in [-0.4, -0.2) is 98.2 Å². The molecule has 15 nitrogen and oxygen atoms in total. The van der Waals surface area contributed by atoms with Gasteiger partial charge in [-0.3, -0.25) is 14.0 Å². The number of morpholine rings is 1. The summed E-state index contributed by atoms with van der Waals surface area (Å²) >= 11 is 0. The highest BCUT2D eigenvalue weighted by Gasteiger charge is 2.45. The van der Waals surface area contributed by atoms with Crippen LogP contribution in [0.25, 0.3) is 22.3 Å². The zero-order valence-corrected chi connectivity index (χ0v) is 21.1. The first-order valence-corrected chi connectivity index (χ1v) is 12.6. The fraction of sp³-hybridized carbons (Fsp3) is 0.565. The zero-order valence-electron chi connectivity index (χ0n) is 21.1. The summed E-state index contributed by atoms with van der Waals surface area (Å²) in [5.74, 6) is 0.955. The van der Waals surface area contributed by atoms with E-state index in [1.54, 1.807) is 10.9 Å². The van der Waals surface area contributed by atoms with Gasteiger partial charge in [-0.2, -0.15) is 0 Å². The molecule has 2 saturated heterocycles. The van der Waals surface area contributed by atoms with Gasteiger partial charge in [-0.15, -0.1) is 0 Å². The summed E-state index contributed by atoms with van der Waals surface area (Å²) in [5, 5.41) is 21.8. The number of rotatable bonds is 6. The number of ether oxygens (including phenoxy) is 2. The lowest BCUT2D eigenvalue weighted by molar-refractivity contribution is -0.136. The maximum Gasteiger partial charge on any atom is 0.167 e. The Kier molecular flexibility index (Phi) is 6.31. The summed E-state index contributed by atoms with van der Waals surface area (Å²) in [6.45, 7) is 5.80. The fourth-order valence-electron chi connectivity index (χ4n) is 5.35. The van der Waals surface area contributed by atoms with Gasteiger partial charge in [0.2, 0.25) is 0 Å². The second kappa shape index (κ2) is 9.67. The Morgan fingerprint density at radius 1 is 0.868 bits per heavy atom. The number of hydrogen-bond acceptors (Lipinski definition) is 13. The second-order valence-corrected chi connectivity index (χ2v) is 10.3. The molecule has 4 aromatic rings. The second-order valence-electron chi connectivity index (χ2n) is 10.3. The van der Waals surface area contributed by atoms with Crippen LogP contribution in [-0.2, 0) is 9.47 Å². The Morgan fingerprint density at radius 3 is 2.16 bits per heavy atom. The smallest absolute Gasteiger partial charge is 0.167 e. The van der Waals surface area contributed by atoms with Crippen molar-refractivity contribution in [3.05, 3.63) is 25.3 Å². The van der Waals surface area contributed by atoms with Crippen LogP contribution in [0.15, 0.2) is 25.3 Å². The van der Waals surface area contributed by atoms with Gasteiger partial charge in [-0.1, -0.05) is 13.8 Å². The molecule has 2 aliphatic heterocycles. The number of hydrogen-bond donors (Lipinski definition) is 4. The molecule has 38 heavy (non-hydrogen) atoms. The van der Waals surface area contributed by atoms with Gasteiger partial charge in [0, 0.05) is 19.6 Å². The number of imidazole rings is 2. The lowest BCUT2D eigenvalue weighted by atomic mass is 10.0. The largest absolute Gasteiger partial charge is 0.387 e. The van der Waals surface area contributed by atoms with E-state index in [2.05, 4.69) is 48.7 Å². The molecule has 0 bridgehead atoms. The summed E-state index contributed by atoms with van der Waals surface area (Å²) in [5.41, 5.74) is 13.8. The van der Waals surface area contributed by atoms with Gasteiger partial charge < -0.3 is 31.2 Å². The van der Waals surface area contributed by atoms with Gasteiger partial charge in [0.25, 0.3) is 0 Å². The molecular weight excluding hydrogens is 494 g/mol. The molecule has 2 aliphatic rings. The highest BCUT2D eigenvalue weighted by atomic mass is 16.6. The molecule has 0 aliphatic carbocycles. The van der Waals surface area contributed by atoms with Gasteiger partial charge in [-0.25, -0.2) is 29.9 Å². The van der Waals surface area contributed by atoms with Gasteiger partial charge in [0.05, 0.1) is 18.8 Å². The monoisotopic (exact) mass is 525 g/mol. The normalized spacial score (nSPS) is 28.7. The van der Waals surface area contributed by atoms with E-state index in [1.165, 1.54) is 19.0 Å². The predicted molar refractivity (Wildman–Crippen MR) is 135 cm³/mol. The van der Waals surface area contributed by atoms with E-state index in [4.69, 9.17) is 20.9 Å². The average Bonchev–Trinajstić information content (AvgIpc) is 3.57. The number of nitrogens with zero attached hydrogens (tertiary/aromatic N) is 9. The molecule has 15 heteroatoms. The fourth-order valence-corrected chi connectivity index (χ4v) is 5.35. The quantitative estimate of drug-likeness (QED) is 0.256. The van der Waals surface area contributed by atoms with Crippen LogP contribution < -0.4 is 11.5 Å².